The monoisotopic (exact) mass is 374 g/mol. The van der Waals surface area contributed by atoms with Crippen molar-refractivity contribution in [2.24, 2.45) is 0 Å². The molecule has 0 unspecified atom stereocenters. The third-order valence-corrected chi connectivity index (χ3v) is 5.51. The standard InChI is InChI=1S/C20H26N2O3S/c1-4-17-9-11-19(12-10-17)22(26(3,24)25)14-13-20(23)21-15-18-8-6-5-7-16(18)2/h5-12H,4,13-15H2,1-3H3,(H,21,23). The zero-order valence-electron chi connectivity index (χ0n) is 15.5. The van der Waals surface area contributed by atoms with Crippen LogP contribution in [0.25, 0.3) is 0 Å². The fourth-order valence-corrected chi connectivity index (χ4v) is 3.61. The molecule has 0 saturated carbocycles. The van der Waals surface area contributed by atoms with Gasteiger partial charge >= 0.3 is 0 Å². The Bertz CT molecular complexity index is 846. The Balaban J connectivity index is 1.98. The molecule has 0 fully saturated rings. The third-order valence-electron chi connectivity index (χ3n) is 4.31. The lowest BCUT2D eigenvalue weighted by atomic mass is 10.1. The molecule has 0 saturated heterocycles. The van der Waals surface area contributed by atoms with Gasteiger partial charge in [-0.3, -0.25) is 9.10 Å². The van der Waals surface area contributed by atoms with Gasteiger partial charge in [0.1, 0.15) is 0 Å². The van der Waals surface area contributed by atoms with Crippen molar-refractivity contribution in [3.63, 3.8) is 0 Å². The van der Waals surface area contributed by atoms with E-state index in [1.54, 1.807) is 12.1 Å². The molecule has 5 nitrogen and oxygen atoms in total. The van der Waals surface area contributed by atoms with E-state index < -0.39 is 10.0 Å². The van der Waals surface area contributed by atoms with Crippen LogP contribution in [0, 0.1) is 6.92 Å². The normalized spacial score (nSPS) is 11.2. The third kappa shape index (κ3) is 5.59. The Morgan fingerprint density at radius 3 is 2.31 bits per heavy atom. The van der Waals surface area contributed by atoms with Crippen molar-refractivity contribution in [2.45, 2.75) is 33.2 Å². The van der Waals surface area contributed by atoms with E-state index in [2.05, 4.69) is 5.32 Å². The average molecular weight is 375 g/mol. The molecular weight excluding hydrogens is 348 g/mol. The highest BCUT2D eigenvalue weighted by Crippen LogP contribution is 2.19. The van der Waals surface area contributed by atoms with Crippen LogP contribution in [0.15, 0.2) is 48.5 Å². The van der Waals surface area contributed by atoms with Gasteiger partial charge in [0.15, 0.2) is 0 Å². The second-order valence-corrected chi connectivity index (χ2v) is 8.22. The number of nitrogens with one attached hydrogen (secondary N) is 1. The predicted octanol–water partition coefficient (Wildman–Crippen LogP) is 3.03. The summed E-state index contributed by atoms with van der Waals surface area (Å²) in [6, 6.07) is 15.2. The van der Waals surface area contributed by atoms with Crippen LogP contribution >= 0.6 is 0 Å². The molecule has 0 bridgehead atoms. The SMILES string of the molecule is CCc1ccc(N(CCC(=O)NCc2ccccc2C)S(C)(=O)=O)cc1. The molecule has 0 atom stereocenters. The maximum absolute atomic E-state index is 12.2. The van der Waals surface area contributed by atoms with Crippen molar-refractivity contribution in [3.05, 3.63) is 65.2 Å². The van der Waals surface area contributed by atoms with Crippen molar-refractivity contribution in [2.75, 3.05) is 17.1 Å². The smallest absolute Gasteiger partial charge is 0.232 e. The lowest BCUT2D eigenvalue weighted by molar-refractivity contribution is -0.121. The number of hydrogen-bond donors (Lipinski definition) is 1. The summed E-state index contributed by atoms with van der Waals surface area (Å²) in [6.45, 7) is 4.59. The molecule has 2 aromatic rings. The van der Waals surface area contributed by atoms with Crippen molar-refractivity contribution in [1.82, 2.24) is 5.32 Å². The molecule has 0 aliphatic heterocycles. The highest BCUT2D eigenvalue weighted by Gasteiger charge is 2.18. The van der Waals surface area contributed by atoms with E-state index in [1.807, 2.05) is 50.2 Å². The Morgan fingerprint density at radius 1 is 1.08 bits per heavy atom. The zero-order valence-corrected chi connectivity index (χ0v) is 16.3. The molecule has 0 aliphatic carbocycles. The molecule has 0 aliphatic rings. The Kier molecular flexibility index (Phi) is 6.80. The van der Waals surface area contributed by atoms with Gasteiger partial charge in [-0.2, -0.15) is 0 Å². The van der Waals surface area contributed by atoms with Crippen molar-refractivity contribution < 1.29 is 13.2 Å². The number of carbonyl (C=O) groups excluding carboxylic acids is 1. The molecule has 6 heteroatoms. The largest absolute Gasteiger partial charge is 0.352 e. The maximum atomic E-state index is 12.2. The van der Waals surface area contributed by atoms with Gasteiger partial charge in [-0.25, -0.2) is 8.42 Å². The highest BCUT2D eigenvalue weighted by molar-refractivity contribution is 7.92. The Morgan fingerprint density at radius 2 is 1.73 bits per heavy atom. The van der Waals surface area contributed by atoms with E-state index in [9.17, 15) is 13.2 Å². The number of benzene rings is 2. The average Bonchev–Trinajstić information content (AvgIpc) is 2.60. The van der Waals surface area contributed by atoms with E-state index in [0.29, 0.717) is 12.2 Å². The molecule has 0 heterocycles. The summed E-state index contributed by atoms with van der Waals surface area (Å²) in [5, 5.41) is 2.86. The number of anilines is 1. The van der Waals surface area contributed by atoms with Crippen molar-refractivity contribution in [1.29, 1.82) is 0 Å². The molecule has 1 amide bonds. The summed E-state index contributed by atoms with van der Waals surface area (Å²) >= 11 is 0. The maximum Gasteiger partial charge on any atom is 0.232 e. The van der Waals surface area contributed by atoms with Crippen LogP contribution < -0.4 is 9.62 Å². The van der Waals surface area contributed by atoms with Crippen LogP contribution in [0.2, 0.25) is 0 Å². The topological polar surface area (TPSA) is 66.5 Å². The first-order valence-corrected chi connectivity index (χ1v) is 10.5. The van der Waals surface area contributed by atoms with E-state index in [4.69, 9.17) is 0 Å². The van der Waals surface area contributed by atoms with Gasteiger partial charge in [0.25, 0.3) is 0 Å². The van der Waals surface area contributed by atoms with Gasteiger partial charge in [0.2, 0.25) is 15.9 Å². The summed E-state index contributed by atoms with van der Waals surface area (Å²) < 4.78 is 25.5. The molecule has 26 heavy (non-hydrogen) atoms. The van der Waals surface area contributed by atoms with Crippen LogP contribution in [-0.2, 0) is 27.8 Å². The molecular formula is C20H26N2O3S. The first kappa shape index (κ1) is 20.0. The van der Waals surface area contributed by atoms with E-state index >= 15 is 0 Å². The van der Waals surface area contributed by atoms with Gasteiger partial charge < -0.3 is 5.32 Å². The summed E-state index contributed by atoms with van der Waals surface area (Å²) in [5.41, 5.74) is 3.88. The highest BCUT2D eigenvalue weighted by atomic mass is 32.2. The Labute approximate surface area is 156 Å². The predicted molar refractivity (Wildman–Crippen MR) is 106 cm³/mol. The summed E-state index contributed by atoms with van der Waals surface area (Å²) in [5.74, 6) is -0.174. The molecule has 0 radical (unpaired) electrons. The molecule has 140 valence electrons. The molecule has 0 spiro atoms. The molecule has 2 rings (SSSR count). The minimum Gasteiger partial charge on any atom is -0.352 e. The van der Waals surface area contributed by atoms with Crippen LogP contribution in [0.1, 0.15) is 30.0 Å². The van der Waals surface area contributed by atoms with Crippen LogP contribution in [0.3, 0.4) is 0 Å². The van der Waals surface area contributed by atoms with Gasteiger partial charge in [0.05, 0.1) is 11.9 Å². The quantitative estimate of drug-likeness (QED) is 0.772. The lowest BCUT2D eigenvalue weighted by Gasteiger charge is -2.22. The minimum atomic E-state index is -3.45. The summed E-state index contributed by atoms with van der Waals surface area (Å²) in [4.78, 5) is 12.2. The number of rotatable bonds is 8. The van der Waals surface area contributed by atoms with Crippen molar-refractivity contribution in [3.8, 4) is 0 Å². The fourth-order valence-electron chi connectivity index (χ4n) is 2.68. The van der Waals surface area contributed by atoms with Gasteiger partial charge in [-0.1, -0.05) is 43.3 Å². The second kappa shape index (κ2) is 8.85. The number of nitrogens with zero attached hydrogens (tertiary/aromatic N) is 1. The summed E-state index contributed by atoms with van der Waals surface area (Å²) in [6.07, 6.45) is 2.15. The van der Waals surface area contributed by atoms with Crippen LogP contribution in [0.4, 0.5) is 5.69 Å². The van der Waals surface area contributed by atoms with Gasteiger partial charge in [-0.05, 0) is 42.2 Å². The molecule has 2 aromatic carbocycles. The number of hydrogen-bond acceptors (Lipinski definition) is 3. The van der Waals surface area contributed by atoms with Crippen molar-refractivity contribution >= 4 is 21.6 Å². The first-order chi connectivity index (χ1) is 12.3. The number of aryl methyl sites for hydroxylation is 2. The zero-order chi connectivity index (χ0) is 19.2. The van der Waals surface area contributed by atoms with E-state index in [-0.39, 0.29) is 18.9 Å². The minimum absolute atomic E-state index is 0.106. The number of carbonyl (C=O) groups is 1. The van der Waals surface area contributed by atoms with Crippen LogP contribution in [0.5, 0.6) is 0 Å². The molecule has 0 aromatic heterocycles. The number of sulfonamides is 1. The van der Waals surface area contributed by atoms with Crippen LogP contribution in [-0.4, -0.2) is 27.1 Å². The first-order valence-electron chi connectivity index (χ1n) is 8.69. The lowest BCUT2D eigenvalue weighted by Crippen LogP contribution is -2.34. The van der Waals surface area contributed by atoms with E-state index in [1.165, 1.54) is 4.31 Å². The van der Waals surface area contributed by atoms with Gasteiger partial charge in [0, 0.05) is 19.5 Å². The summed E-state index contributed by atoms with van der Waals surface area (Å²) in [7, 11) is -3.45. The fraction of sp³-hybridized carbons (Fsp3) is 0.350. The second-order valence-electron chi connectivity index (χ2n) is 6.31. The van der Waals surface area contributed by atoms with Gasteiger partial charge in [-0.15, -0.1) is 0 Å². The molecule has 1 N–H and O–H groups in total. The van der Waals surface area contributed by atoms with E-state index in [0.717, 1.165) is 29.4 Å². The Hall–Kier alpha value is -2.34. The number of amides is 1.